The van der Waals surface area contributed by atoms with Crippen molar-refractivity contribution in [3.8, 4) is 0 Å². The first-order chi connectivity index (χ1) is 6.77. The molecule has 1 aliphatic heterocycles. The smallest absolute Gasteiger partial charge is 0.241 e. The van der Waals surface area contributed by atoms with E-state index in [4.69, 9.17) is 0 Å². The minimum atomic E-state index is -0.331. The third-order valence-corrected chi connectivity index (χ3v) is 2.15. The van der Waals surface area contributed by atoms with Gasteiger partial charge in [-0.1, -0.05) is 6.07 Å². The summed E-state index contributed by atoms with van der Waals surface area (Å²) < 4.78 is 12.9. The summed E-state index contributed by atoms with van der Waals surface area (Å²) in [6, 6.07) is 6.00. The van der Waals surface area contributed by atoms with E-state index >= 15 is 0 Å². The lowest BCUT2D eigenvalue weighted by Crippen LogP contribution is -2.47. The van der Waals surface area contributed by atoms with Gasteiger partial charge in [0, 0.05) is 13.0 Å². The molecule has 2 rings (SSSR count). The van der Waals surface area contributed by atoms with Gasteiger partial charge in [-0.15, -0.1) is 0 Å². The molecular formula is C10H11FN2O. The summed E-state index contributed by atoms with van der Waals surface area (Å²) >= 11 is 0. The minimum Gasteiger partial charge on any atom is -0.273 e. The SMILES string of the molecule is O=C1CCCNN1c1cccc(F)c1. The molecule has 14 heavy (non-hydrogen) atoms. The van der Waals surface area contributed by atoms with Crippen molar-refractivity contribution in [3.05, 3.63) is 30.1 Å². The summed E-state index contributed by atoms with van der Waals surface area (Å²) in [5.41, 5.74) is 3.49. The van der Waals surface area contributed by atoms with Crippen LogP contribution in [0.3, 0.4) is 0 Å². The highest BCUT2D eigenvalue weighted by Crippen LogP contribution is 2.16. The summed E-state index contributed by atoms with van der Waals surface area (Å²) in [5.74, 6) is -0.343. The monoisotopic (exact) mass is 194 g/mol. The molecule has 1 fully saturated rings. The summed E-state index contributed by atoms with van der Waals surface area (Å²) in [7, 11) is 0. The van der Waals surface area contributed by atoms with Gasteiger partial charge in [0.25, 0.3) is 0 Å². The van der Waals surface area contributed by atoms with Gasteiger partial charge in [-0.2, -0.15) is 0 Å². The van der Waals surface area contributed by atoms with E-state index in [0.717, 1.165) is 13.0 Å². The van der Waals surface area contributed by atoms with Crippen LogP contribution in [-0.2, 0) is 4.79 Å². The van der Waals surface area contributed by atoms with Crippen molar-refractivity contribution in [1.82, 2.24) is 5.43 Å². The van der Waals surface area contributed by atoms with E-state index in [2.05, 4.69) is 5.43 Å². The number of halogens is 1. The van der Waals surface area contributed by atoms with Crippen molar-refractivity contribution in [2.45, 2.75) is 12.8 Å². The Morgan fingerprint density at radius 2 is 2.29 bits per heavy atom. The molecular weight excluding hydrogens is 183 g/mol. The van der Waals surface area contributed by atoms with Crippen LogP contribution in [0.5, 0.6) is 0 Å². The fourth-order valence-electron chi connectivity index (χ4n) is 1.48. The Labute approximate surface area is 81.5 Å². The van der Waals surface area contributed by atoms with Crippen LogP contribution in [0, 0.1) is 5.82 Å². The zero-order chi connectivity index (χ0) is 9.97. The number of carbonyl (C=O) groups is 1. The molecule has 0 aliphatic carbocycles. The molecule has 0 saturated carbocycles. The van der Waals surface area contributed by atoms with Gasteiger partial charge >= 0.3 is 0 Å². The number of nitrogens with one attached hydrogen (secondary N) is 1. The first kappa shape index (κ1) is 9.15. The second-order valence-electron chi connectivity index (χ2n) is 3.22. The van der Waals surface area contributed by atoms with Crippen LogP contribution < -0.4 is 10.4 Å². The standard InChI is InChI=1S/C10H11FN2O/c11-8-3-1-4-9(7-8)13-10(14)5-2-6-12-13/h1,3-4,7,12H,2,5-6H2. The zero-order valence-corrected chi connectivity index (χ0v) is 7.66. The Kier molecular flexibility index (Phi) is 2.45. The Bertz CT molecular complexity index is 354. The molecule has 0 aromatic heterocycles. The molecule has 0 unspecified atom stereocenters. The molecule has 1 N–H and O–H groups in total. The Morgan fingerprint density at radius 1 is 1.43 bits per heavy atom. The van der Waals surface area contributed by atoms with E-state index in [1.165, 1.54) is 17.1 Å². The molecule has 0 spiro atoms. The van der Waals surface area contributed by atoms with Gasteiger partial charge in [-0.05, 0) is 24.6 Å². The van der Waals surface area contributed by atoms with Crippen LogP contribution in [0.25, 0.3) is 0 Å². The van der Waals surface area contributed by atoms with Crippen molar-refractivity contribution in [3.63, 3.8) is 0 Å². The molecule has 0 radical (unpaired) electrons. The van der Waals surface area contributed by atoms with Crippen LogP contribution in [0.4, 0.5) is 10.1 Å². The molecule has 1 amide bonds. The molecule has 4 heteroatoms. The van der Waals surface area contributed by atoms with E-state index in [0.29, 0.717) is 12.1 Å². The number of benzene rings is 1. The van der Waals surface area contributed by atoms with Crippen molar-refractivity contribution < 1.29 is 9.18 Å². The maximum atomic E-state index is 12.9. The topological polar surface area (TPSA) is 32.3 Å². The van der Waals surface area contributed by atoms with Gasteiger partial charge in [0.15, 0.2) is 0 Å². The molecule has 1 aromatic rings. The zero-order valence-electron chi connectivity index (χ0n) is 7.66. The van der Waals surface area contributed by atoms with Crippen molar-refractivity contribution in [2.75, 3.05) is 11.6 Å². The summed E-state index contributed by atoms with van der Waals surface area (Å²) in [4.78, 5) is 11.4. The quantitative estimate of drug-likeness (QED) is 0.734. The molecule has 1 aromatic carbocycles. The van der Waals surface area contributed by atoms with E-state index in [1.807, 2.05) is 0 Å². The lowest BCUT2D eigenvalue weighted by Gasteiger charge is -2.27. The molecule has 1 aliphatic rings. The molecule has 74 valence electrons. The molecule has 0 bridgehead atoms. The minimum absolute atomic E-state index is 0.0122. The van der Waals surface area contributed by atoms with Gasteiger partial charge in [0.2, 0.25) is 5.91 Å². The molecule has 1 saturated heterocycles. The van der Waals surface area contributed by atoms with E-state index in [1.54, 1.807) is 12.1 Å². The van der Waals surface area contributed by atoms with Crippen LogP contribution in [0.15, 0.2) is 24.3 Å². The highest BCUT2D eigenvalue weighted by Gasteiger charge is 2.19. The summed E-state index contributed by atoms with van der Waals surface area (Å²) in [6.07, 6.45) is 1.36. The van der Waals surface area contributed by atoms with Gasteiger partial charge < -0.3 is 0 Å². The van der Waals surface area contributed by atoms with Gasteiger partial charge in [0.05, 0.1) is 5.69 Å². The summed E-state index contributed by atoms with van der Waals surface area (Å²) in [6.45, 7) is 0.752. The van der Waals surface area contributed by atoms with Gasteiger partial charge in [-0.3, -0.25) is 4.79 Å². The van der Waals surface area contributed by atoms with Crippen molar-refractivity contribution >= 4 is 11.6 Å². The number of hydrazine groups is 1. The fourth-order valence-corrected chi connectivity index (χ4v) is 1.48. The molecule has 3 nitrogen and oxygen atoms in total. The number of hydrogen-bond donors (Lipinski definition) is 1. The number of nitrogens with zero attached hydrogens (tertiary/aromatic N) is 1. The average molecular weight is 194 g/mol. The maximum absolute atomic E-state index is 12.9. The Hall–Kier alpha value is -1.42. The largest absolute Gasteiger partial charge is 0.273 e. The second-order valence-corrected chi connectivity index (χ2v) is 3.22. The maximum Gasteiger partial charge on any atom is 0.241 e. The number of rotatable bonds is 1. The van der Waals surface area contributed by atoms with Gasteiger partial charge in [0.1, 0.15) is 5.82 Å². The van der Waals surface area contributed by atoms with Crippen molar-refractivity contribution in [2.24, 2.45) is 0 Å². The van der Waals surface area contributed by atoms with E-state index < -0.39 is 0 Å². The number of anilines is 1. The third-order valence-electron chi connectivity index (χ3n) is 2.15. The highest BCUT2D eigenvalue weighted by atomic mass is 19.1. The van der Waals surface area contributed by atoms with Crippen LogP contribution in [0.2, 0.25) is 0 Å². The molecule has 1 heterocycles. The third kappa shape index (κ3) is 1.75. The number of carbonyl (C=O) groups excluding carboxylic acids is 1. The lowest BCUT2D eigenvalue weighted by atomic mass is 10.2. The lowest BCUT2D eigenvalue weighted by molar-refractivity contribution is -0.120. The van der Waals surface area contributed by atoms with Crippen LogP contribution in [0.1, 0.15) is 12.8 Å². The molecule has 0 atom stereocenters. The first-order valence-electron chi connectivity index (χ1n) is 4.59. The average Bonchev–Trinajstić information content (AvgIpc) is 2.18. The first-order valence-corrected chi connectivity index (χ1v) is 4.59. The van der Waals surface area contributed by atoms with Crippen molar-refractivity contribution in [1.29, 1.82) is 0 Å². The highest BCUT2D eigenvalue weighted by molar-refractivity contribution is 5.92. The van der Waals surface area contributed by atoms with Crippen LogP contribution >= 0.6 is 0 Å². The Balaban J connectivity index is 2.24. The van der Waals surface area contributed by atoms with E-state index in [9.17, 15) is 9.18 Å². The number of hydrogen-bond acceptors (Lipinski definition) is 2. The predicted molar refractivity (Wildman–Crippen MR) is 51.1 cm³/mol. The second kappa shape index (κ2) is 3.75. The normalized spacial score (nSPS) is 17.2. The number of amides is 1. The van der Waals surface area contributed by atoms with E-state index in [-0.39, 0.29) is 11.7 Å². The fraction of sp³-hybridized carbons (Fsp3) is 0.300. The van der Waals surface area contributed by atoms with Gasteiger partial charge in [-0.25, -0.2) is 14.8 Å². The van der Waals surface area contributed by atoms with Crippen LogP contribution in [-0.4, -0.2) is 12.5 Å². The Morgan fingerprint density at radius 3 is 3.00 bits per heavy atom. The summed E-state index contributed by atoms with van der Waals surface area (Å²) in [5, 5.41) is 1.41. The predicted octanol–water partition coefficient (Wildman–Crippen LogP) is 1.46.